The lowest BCUT2D eigenvalue weighted by atomic mass is 10.3. The zero-order valence-electron chi connectivity index (χ0n) is 9.83. The summed E-state index contributed by atoms with van der Waals surface area (Å²) < 4.78 is 6.43. The second kappa shape index (κ2) is 8.66. The zero-order chi connectivity index (χ0) is 12.5. The average molecular weight is 364 g/mol. The summed E-state index contributed by atoms with van der Waals surface area (Å²) in [5, 5.41) is 6.95. The van der Waals surface area contributed by atoms with Gasteiger partial charge < -0.3 is 15.4 Å². The van der Waals surface area contributed by atoms with Gasteiger partial charge in [-0.2, -0.15) is 0 Å². The SMILES string of the molecule is CCOCCCNC(=S)Nc1cccc(I)c1. The van der Waals surface area contributed by atoms with Gasteiger partial charge >= 0.3 is 0 Å². The highest BCUT2D eigenvalue weighted by Gasteiger charge is 1.97. The van der Waals surface area contributed by atoms with E-state index in [1.807, 2.05) is 25.1 Å². The Morgan fingerprint density at radius 3 is 3.00 bits per heavy atom. The van der Waals surface area contributed by atoms with Crippen LogP contribution in [0, 0.1) is 3.57 Å². The topological polar surface area (TPSA) is 33.3 Å². The van der Waals surface area contributed by atoms with Gasteiger partial charge in [0.05, 0.1) is 0 Å². The standard InChI is InChI=1S/C12H17IN2OS/c1-2-16-8-4-7-14-12(17)15-11-6-3-5-10(13)9-11/h3,5-6,9H,2,4,7-8H2,1H3,(H2,14,15,17). The van der Waals surface area contributed by atoms with Crippen molar-refractivity contribution in [1.82, 2.24) is 5.32 Å². The molecule has 0 saturated heterocycles. The van der Waals surface area contributed by atoms with Gasteiger partial charge in [0.2, 0.25) is 0 Å². The predicted molar refractivity (Wildman–Crippen MR) is 84.5 cm³/mol. The molecule has 0 spiro atoms. The Kier molecular flexibility index (Phi) is 7.46. The van der Waals surface area contributed by atoms with E-state index in [4.69, 9.17) is 17.0 Å². The molecule has 0 radical (unpaired) electrons. The molecule has 0 aliphatic heterocycles. The summed E-state index contributed by atoms with van der Waals surface area (Å²) in [5.41, 5.74) is 1.01. The summed E-state index contributed by atoms with van der Waals surface area (Å²) in [6.45, 7) is 4.37. The molecule has 0 aliphatic rings. The molecule has 0 fully saturated rings. The summed E-state index contributed by atoms with van der Waals surface area (Å²) in [6, 6.07) is 8.09. The van der Waals surface area contributed by atoms with E-state index in [0.29, 0.717) is 5.11 Å². The van der Waals surface area contributed by atoms with E-state index in [9.17, 15) is 0 Å². The number of hydrogen-bond donors (Lipinski definition) is 2. The lowest BCUT2D eigenvalue weighted by molar-refractivity contribution is 0.146. The second-order valence-electron chi connectivity index (χ2n) is 3.44. The summed E-state index contributed by atoms with van der Waals surface area (Å²) in [4.78, 5) is 0. The molecule has 5 heteroatoms. The van der Waals surface area contributed by atoms with Gasteiger partial charge in [0.1, 0.15) is 0 Å². The minimum atomic E-state index is 0.656. The minimum absolute atomic E-state index is 0.656. The van der Waals surface area contributed by atoms with Crippen molar-refractivity contribution < 1.29 is 4.74 Å². The quantitative estimate of drug-likeness (QED) is 0.462. The van der Waals surface area contributed by atoms with Crippen molar-refractivity contribution in [3.63, 3.8) is 0 Å². The summed E-state index contributed by atoms with van der Waals surface area (Å²) in [7, 11) is 0. The molecule has 3 nitrogen and oxygen atoms in total. The van der Waals surface area contributed by atoms with Crippen LogP contribution in [0.2, 0.25) is 0 Å². The number of benzene rings is 1. The first-order chi connectivity index (χ1) is 8.22. The molecule has 0 amide bonds. The fourth-order valence-corrected chi connectivity index (χ4v) is 2.03. The molecule has 0 heterocycles. The van der Waals surface area contributed by atoms with E-state index in [-0.39, 0.29) is 0 Å². The lowest BCUT2D eigenvalue weighted by Crippen LogP contribution is -2.29. The van der Waals surface area contributed by atoms with Crippen LogP contribution >= 0.6 is 34.8 Å². The fraction of sp³-hybridized carbons (Fsp3) is 0.417. The van der Waals surface area contributed by atoms with Crippen molar-refractivity contribution >= 4 is 45.6 Å². The molecule has 1 rings (SSSR count). The van der Waals surface area contributed by atoms with Crippen molar-refractivity contribution in [2.45, 2.75) is 13.3 Å². The molecule has 94 valence electrons. The van der Waals surface area contributed by atoms with Gasteiger partial charge in [0.25, 0.3) is 0 Å². The fourth-order valence-electron chi connectivity index (χ4n) is 1.26. The number of ether oxygens (including phenoxy) is 1. The Bertz CT molecular complexity index is 360. The predicted octanol–water partition coefficient (Wildman–Crippen LogP) is 3.00. The third-order valence-corrected chi connectivity index (χ3v) is 2.96. The van der Waals surface area contributed by atoms with Crippen LogP contribution in [-0.2, 0) is 4.74 Å². The smallest absolute Gasteiger partial charge is 0.170 e. The van der Waals surface area contributed by atoms with E-state index in [0.717, 1.165) is 31.9 Å². The van der Waals surface area contributed by atoms with Crippen molar-refractivity contribution in [3.8, 4) is 0 Å². The first-order valence-electron chi connectivity index (χ1n) is 5.60. The van der Waals surface area contributed by atoms with Gasteiger partial charge in [0, 0.05) is 29.0 Å². The first-order valence-corrected chi connectivity index (χ1v) is 7.09. The maximum atomic E-state index is 5.24. The van der Waals surface area contributed by atoms with Gasteiger partial charge in [-0.3, -0.25) is 0 Å². The van der Waals surface area contributed by atoms with Crippen molar-refractivity contribution in [2.75, 3.05) is 25.1 Å². The molecular weight excluding hydrogens is 347 g/mol. The molecular formula is C12H17IN2OS. The monoisotopic (exact) mass is 364 g/mol. The summed E-state index contributed by atoms with van der Waals surface area (Å²) in [5.74, 6) is 0. The Morgan fingerprint density at radius 1 is 1.47 bits per heavy atom. The average Bonchev–Trinajstić information content (AvgIpc) is 2.29. The number of hydrogen-bond acceptors (Lipinski definition) is 2. The van der Waals surface area contributed by atoms with Gasteiger partial charge in [0.15, 0.2) is 5.11 Å². The van der Waals surface area contributed by atoms with E-state index in [2.05, 4.69) is 39.3 Å². The van der Waals surface area contributed by atoms with Crippen LogP contribution < -0.4 is 10.6 Å². The number of nitrogens with one attached hydrogen (secondary N) is 2. The number of thiocarbonyl (C=S) groups is 1. The van der Waals surface area contributed by atoms with Crippen LogP contribution in [0.5, 0.6) is 0 Å². The van der Waals surface area contributed by atoms with Crippen LogP contribution in [0.4, 0.5) is 5.69 Å². The zero-order valence-corrected chi connectivity index (χ0v) is 12.8. The lowest BCUT2D eigenvalue weighted by Gasteiger charge is -2.10. The molecule has 0 aliphatic carbocycles. The molecule has 1 aromatic carbocycles. The maximum absolute atomic E-state index is 5.24. The van der Waals surface area contributed by atoms with Crippen molar-refractivity contribution in [3.05, 3.63) is 27.8 Å². The molecule has 0 saturated carbocycles. The van der Waals surface area contributed by atoms with Crippen LogP contribution in [0.3, 0.4) is 0 Å². The largest absolute Gasteiger partial charge is 0.382 e. The number of halogens is 1. The maximum Gasteiger partial charge on any atom is 0.170 e. The Balaban J connectivity index is 2.21. The van der Waals surface area contributed by atoms with E-state index in [1.165, 1.54) is 3.57 Å². The van der Waals surface area contributed by atoms with Crippen LogP contribution in [0.1, 0.15) is 13.3 Å². The van der Waals surface area contributed by atoms with Gasteiger partial charge in [-0.15, -0.1) is 0 Å². The summed E-state index contributed by atoms with van der Waals surface area (Å²) >= 11 is 7.47. The van der Waals surface area contributed by atoms with Crippen molar-refractivity contribution in [1.29, 1.82) is 0 Å². The number of rotatable bonds is 6. The van der Waals surface area contributed by atoms with Gasteiger partial charge in [-0.1, -0.05) is 6.07 Å². The molecule has 17 heavy (non-hydrogen) atoms. The summed E-state index contributed by atoms with van der Waals surface area (Å²) in [6.07, 6.45) is 0.960. The number of anilines is 1. The first kappa shape index (κ1) is 14.7. The van der Waals surface area contributed by atoms with Crippen LogP contribution in [0.25, 0.3) is 0 Å². The second-order valence-corrected chi connectivity index (χ2v) is 5.10. The Hall–Kier alpha value is -0.400. The minimum Gasteiger partial charge on any atom is -0.382 e. The molecule has 0 unspecified atom stereocenters. The van der Waals surface area contributed by atoms with Gasteiger partial charge in [-0.25, -0.2) is 0 Å². The van der Waals surface area contributed by atoms with Gasteiger partial charge in [-0.05, 0) is 66.4 Å². The Labute approximate surface area is 121 Å². The molecule has 1 aromatic rings. The third-order valence-electron chi connectivity index (χ3n) is 2.04. The normalized spacial score (nSPS) is 10.0. The van der Waals surface area contributed by atoms with E-state index >= 15 is 0 Å². The van der Waals surface area contributed by atoms with Crippen molar-refractivity contribution in [2.24, 2.45) is 0 Å². The highest BCUT2D eigenvalue weighted by molar-refractivity contribution is 14.1. The van der Waals surface area contributed by atoms with E-state index in [1.54, 1.807) is 0 Å². The molecule has 0 aromatic heterocycles. The molecule has 2 N–H and O–H groups in total. The molecule has 0 bridgehead atoms. The van der Waals surface area contributed by atoms with Crippen LogP contribution in [-0.4, -0.2) is 24.9 Å². The highest BCUT2D eigenvalue weighted by Crippen LogP contribution is 2.11. The van der Waals surface area contributed by atoms with Crippen LogP contribution in [0.15, 0.2) is 24.3 Å². The molecule has 0 atom stereocenters. The Morgan fingerprint density at radius 2 is 2.29 bits per heavy atom. The third kappa shape index (κ3) is 6.80. The van der Waals surface area contributed by atoms with E-state index < -0.39 is 0 Å². The highest BCUT2D eigenvalue weighted by atomic mass is 127.